The molecule has 1 atom stereocenters. The average molecular weight is 200 g/mol. The van der Waals surface area contributed by atoms with Gasteiger partial charge in [0.05, 0.1) is 0 Å². The highest BCUT2D eigenvalue weighted by Crippen LogP contribution is 2.39. The highest BCUT2D eigenvalue weighted by atomic mass is 32.2. The Morgan fingerprint density at radius 3 is 2.54 bits per heavy atom. The molecule has 1 unspecified atom stereocenters. The summed E-state index contributed by atoms with van der Waals surface area (Å²) in [5, 5.41) is 10.3. The van der Waals surface area contributed by atoms with Crippen molar-refractivity contribution in [3.8, 4) is 0 Å². The van der Waals surface area contributed by atoms with E-state index in [-0.39, 0.29) is 10.7 Å². The zero-order valence-corrected chi connectivity index (χ0v) is 9.12. The second kappa shape index (κ2) is 3.70. The van der Waals surface area contributed by atoms with E-state index in [4.69, 9.17) is 5.41 Å². The molecule has 1 amide bonds. The number of hydrogen-bond acceptors (Lipinski definition) is 3. The molecule has 1 fully saturated rings. The van der Waals surface area contributed by atoms with Gasteiger partial charge < -0.3 is 5.32 Å². The van der Waals surface area contributed by atoms with Crippen LogP contribution < -0.4 is 5.32 Å². The Balaban J connectivity index is 2.80. The molecule has 4 heteroatoms. The van der Waals surface area contributed by atoms with E-state index >= 15 is 0 Å². The van der Waals surface area contributed by atoms with Crippen LogP contribution in [0.2, 0.25) is 0 Å². The first-order valence-electron chi connectivity index (χ1n) is 4.59. The number of amidine groups is 1. The van der Waals surface area contributed by atoms with E-state index in [9.17, 15) is 4.79 Å². The van der Waals surface area contributed by atoms with Crippen LogP contribution in [-0.2, 0) is 4.79 Å². The van der Waals surface area contributed by atoms with Gasteiger partial charge in [0.2, 0.25) is 5.91 Å². The lowest BCUT2D eigenvalue weighted by Crippen LogP contribution is -2.37. The van der Waals surface area contributed by atoms with Crippen molar-refractivity contribution in [2.24, 2.45) is 5.92 Å². The zero-order chi connectivity index (χ0) is 10.1. The van der Waals surface area contributed by atoms with Crippen LogP contribution in [-0.4, -0.2) is 15.8 Å². The minimum Gasteiger partial charge on any atom is -0.304 e. The van der Waals surface area contributed by atoms with Gasteiger partial charge in [0, 0.05) is 0 Å². The number of carbonyl (C=O) groups is 1. The Bertz CT molecular complexity index is 240. The van der Waals surface area contributed by atoms with Crippen LogP contribution in [0.1, 0.15) is 33.6 Å². The van der Waals surface area contributed by atoms with Crippen LogP contribution in [0.15, 0.2) is 0 Å². The largest absolute Gasteiger partial charge is 0.304 e. The first-order chi connectivity index (χ1) is 6.00. The van der Waals surface area contributed by atoms with E-state index in [0.717, 1.165) is 12.8 Å². The summed E-state index contributed by atoms with van der Waals surface area (Å²) in [6, 6.07) is 0. The van der Waals surface area contributed by atoms with Gasteiger partial charge in [0.1, 0.15) is 4.75 Å². The number of hydrogen-bond donors (Lipinski definition) is 2. The fourth-order valence-electron chi connectivity index (χ4n) is 1.66. The summed E-state index contributed by atoms with van der Waals surface area (Å²) >= 11 is 1.37. The third-order valence-electron chi connectivity index (χ3n) is 2.25. The van der Waals surface area contributed by atoms with Gasteiger partial charge in [-0.2, -0.15) is 0 Å². The lowest BCUT2D eigenvalue weighted by Gasteiger charge is -2.24. The van der Waals surface area contributed by atoms with E-state index in [1.165, 1.54) is 11.8 Å². The number of rotatable bonds is 3. The fraction of sp³-hybridized carbons (Fsp3) is 0.778. The van der Waals surface area contributed by atoms with Gasteiger partial charge in [0.25, 0.3) is 0 Å². The molecule has 13 heavy (non-hydrogen) atoms. The summed E-state index contributed by atoms with van der Waals surface area (Å²) in [5.74, 6) is 0.503. The van der Waals surface area contributed by atoms with Crippen molar-refractivity contribution in [2.45, 2.75) is 38.4 Å². The Morgan fingerprint density at radius 1 is 1.62 bits per heavy atom. The quantitative estimate of drug-likeness (QED) is 0.732. The summed E-state index contributed by atoms with van der Waals surface area (Å²) < 4.78 is -0.370. The van der Waals surface area contributed by atoms with Gasteiger partial charge in [-0.15, -0.1) is 0 Å². The van der Waals surface area contributed by atoms with Gasteiger partial charge in [0.15, 0.2) is 5.17 Å². The molecule has 0 bridgehead atoms. The maximum absolute atomic E-state index is 11.6. The first kappa shape index (κ1) is 10.6. The minimum absolute atomic E-state index is 0.0127. The van der Waals surface area contributed by atoms with E-state index in [2.05, 4.69) is 19.2 Å². The molecular formula is C9H16N2OS. The van der Waals surface area contributed by atoms with Crippen molar-refractivity contribution < 1.29 is 4.79 Å². The van der Waals surface area contributed by atoms with Gasteiger partial charge in [-0.25, -0.2) is 0 Å². The molecule has 1 rings (SSSR count). The molecule has 1 saturated heterocycles. The molecule has 1 aliphatic heterocycles. The van der Waals surface area contributed by atoms with Crippen LogP contribution in [0, 0.1) is 11.3 Å². The number of amides is 1. The Morgan fingerprint density at radius 2 is 2.23 bits per heavy atom. The first-order valence-corrected chi connectivity index (χ1v) is 5.41. The highest BCUT2D eigenvalue weighted by molar-refractivity contribution is 8.16. The molecule has 0 aromatic heterocycles. The molecule has 2 N–H and O–H groups in total. The van der Waals surface area contributed by atoms with Crippen molar-refractivity contribution in [2.75, 3.05) is 0 Å². The standard InChI is InChI=1S/C9H16N2OS/c1-4-9(5-6(2)3)7(12)11-8(10)13-9/h6H,4-5H2,1-3H3,(H2,10,11,12). The summed E-state index contributed by atoms with van der Waals surface area (Å²) in [7, 11) is 0. The molecule has 1 heterocycles. The van der Waals surface area contributed by atoms with Gasteiger partial charge in [-0.1, -0.05) is 32.5 Å². The zero-order valence-electron chi connectivity index (χ0n) is 8.31. The predicted octanol–water partition coefficient (Wildman–Crippen LogP) is 1.98. The second-order valence-electron chi connectivity index (χ2n) is 3.83. The summed E-state index contributed by atoms with van der Waals surface area (Å²) in [6.07, 6.45) is 1.65. The average Bonchev–Trinajstić information content (AvgIpc) is 2.26. The van der Waals surface area contributed by atoms with Crippen molar-refractivity contribution >= 4 is 22.8 Å². The molecule has 0 aromatic rings. The third kappa shape index (κ3) is 2.05. The van der Waals surface area contributed by atoms with Crippen LogP contribution in [0.5, 0.6) is 0 Å². The molecule has 0 aliphatic carbocycles. The lowest BCUT2D eigenvalue weighted by atomic mass is 9.93. The third-order valence-corrected chi connectivity index (χ3v) is 3.59. The molecule has 0 spiro atoms. The molecule has 74 valence electrons. The topological polar surface area (TPSA) is 53.0 Å². The van der Waals surface area contributed by atoms with E-state index in [0.29, 0.717) is 11.1 Å². The fourth-order valence-corrected chi connectivity index (χ4v) is 2.89. The summed E-state index contributed by atoms with van der Waals surface area (Å²) in [6.45, 7) is 6.22. The normalized spacial score (nSPS) is 28.3. The van der Waals surface area contributed by atoms with Crippen LogP contribution in [0.3, 0.4) is 0 Å². The van der Waals surface area contributed by atoms with Crippen molar-refractivity contribution in [1.29, 1.82) is 5.41 Å². The molecule has 0 radical (unpaired) electrons. The van der Waals surface area contributed by atoms with Crippen molar-refractivity contribution in [3.05, 3.63) is 0 Å². The second-order valence-corrected chi connectivity index (χ2v) is 5.22. The van der Waals surface area contributed by atoms with E-state index in [1.807, 2.05) is 6.92 Å². The van der Waals surface area contributed by atoms with Crippen LogP contribution >= 0.6 is 11.8 Å². The molecule has 0 saturated carbocycles. The van der Waals surface area contributed by atoms with Gasteiger partial charge >= 0.3 is 0 Å². The van der Waals surface area contributed by atoms with Crippen LogP contribution in [0.25, 0.3) is 0 Å². The predicted molar refractivity (Wildman–Crippen MR) is 55.9 cm³/mol. The number of thioether (sulfide) groups is 1. The van der Waals surface area contributed by atoms with Crippen molar-refractivity contribution in [3.63, 3.8) is 0 Å². The maximum Gasteiger partial charge on any atom is 0.242 e. The summed E-state index contributed by atoms with van der Waals surface area (Å²) in [5.41, 5.74) is 0. The van der Waals surface area contributed by atoms with Crippen LogP contribution in [0.4, 0.5) is 0 Å². The van der Waals surface area contributed by atoms with E-state index < -0.39 is 0 Å². The Kier molecular flexibility index (Phi) is 3.01. The molecular weight excluding hydrogens is 184 g/mol. The van der Waals surface area contributed by atoms with Gasteiger partial charge in [-0.3, -0.25) is 10.2 Å². The Labute approximate surface area is 83.2 Å². The number of carbonyl (C=O) groups excluding carboxylic acids is 1. The maximum atomic E-state index is 11.6. The molecule has 1 aliphatic rings. The van der Waals surface area contributed by atoms with Gasteiger partial charge in [-0.05, 0) is 18.8 Å². The monoisotopic (exact) mass is 200 g/mol. The summed E-state index contributed by atoms with van der Waals surface area (Å²) in [4.78, 5) is 11.6. The lowest BCUT2D eigenvalue weighted by molar-refractivity contribution is -0.122. The Hall–Kier alpha value is -0.510. The van der Waals surface area contributed by atoms with E-state index in [1.54, 1.807) is 0 Å². The minimum atomic E-state index is -0.370. The molecule has 3 nitrogen and oxygen atoms in total. The number of nitrogens with one attached hydrogen (secondary N) is 2. The smallest absolute Gasteiger partial charge is 0.242 e. The SMILES string of the molecule is CCC1(CC(C)C)SC(=N)NC1=O. The van der Waals surface area contributed by atoms with Crippen molar-refractivity contribution in [1.82, 2.24) is 5.32 Å². The highest BCUT2D eigenvalue weighted by Gasteiger charge is 2.44. The molecule has 0 aromatic carbocycles.